The molecule has 0 N–H and O–H groups in total. The molecule has 3 heteroatoms. The fourth-order valence-electron chi connectivity index (χ4n) is 2.14. The van der Waals surface area contributed by atoms with Gasteiger partial charge in [0.15, 0.2) is 0 Å². The van der Waals surface area contributed by atoms with Crippen LogP contribution < -0.4 is 9.31 Å². The molecular weight excluding hydrogens is 235 g/mol. The fraction of sp³-hybridized carbons (Fsp3) is 0.250. The smallest absolute Gasteiger partial charge is 0.526 e. The zero-order chi connectivity index (χ0) is 13.8. The van der Waals surface area contributed by atoms with E-state index in [0.717, 1.165) is 11.5 Å². The van der Waals surface area contributed by atoms with E-state index in [9.17, 15) is 0 Å². The van der Waals surface area contributed by atoms with Gasteiger partial charge in [0, 0.05) is 0 Å². The molecule has 0 amide bonds. The lowest BCUT2D eigenvalue weighted by Crippen LogP contribution is -2.11. The van der Waals surface area contributed by atoms with Crippen molar-refractivity contribution < 1.29 is 9.31 Å². The van der Waals surface area contributed by atoms with Gasteiger partial charge >= 0.3 is 7.69 Å². The van der Waals surface area contributed by atoms with Gasteiger partial charge < -0.3 is 9.31 Å². The molecule has 0 heterocycles. The van der Waals surface area contributed by atoms with Crippen molar-refractivity contribution in [3.8, 4) is 11.5 Å². The van der Waals surface area contributed by atoms with Gasteiger partial charge in [-0.25, -0.2) is 0 Å². The zero-order valence-electron chi connectivity index (χ0n) is 11.9. The average molecular weight is 253 g/mol. The highest BCUT2D eigenvalue weighted by atomic mass is 16.6. The Kier molecular flexibility index (Phi) is 4.15. The third kappa shape index (κ3) is 4.06. The standard InChI is InChI=1S/C16H18BO2/c1-11-5-12(2)8-15(7-11)18-17-19-16-9-13(3)6-14(4)10-16/h5-10H,1-4H3. The number of rotatable bonds is 4. The maximum absolute atomic E-state index is 5.50. The highest BCUT2D eigenvalue weighted by Gasteiger charge is 2.04. The van der Waals surface area contributed by atoms with E-state index in [2.05, 4.69) is 12.1 Å². The highest BCUT2D eigenvalue weighted by molar-refractivity contribution is 6.20. The molecular formula is C16H18BO2. The van der Waals surface area contributed by atoms with Crippen LogP contribution in [0.2, 0.25) is 0 Å². The second-order valence-corrected chi connectivity index (χ2v) is 4.98. The van der Waals surface area contributed by atoms with Gasteiger partial charge in [-0.05, 0) is 74.2 Å². The molecule has 0 bridgehead atoms. The summed E-state index contributed by atoms with van der Waals surface area (Å²) in [5, 5.41) is 0. The van der Waals surface area contributed by atoms with Crippen molar-refractivity contribution >= 4 is 7.69 Å². The summed E-state index contributed by atoms with van der Waals surface area (Å²) < 4.78 is 11.0. The van der Waals surface area contributed by atoms with Gasteiger partial charge in [-0.15, -0.1) is 0 Å². The van der Waals surface area contributed by atoms with Crippen molar-refractivity contribution in [1.82, 2.24) is 0 Å². The lowest BCUT2D eigenvalue weighted by atomic mass is 10.1. The Labute approximate surface area is 115 Å². The molecule has 0 saturated heterocycles. The maximum Gasteiger partial charge on any atom is 0.658 e. The number of hydrogen-bond donors (Lipinski definition) is 0. The monoisotopic (exact) mass is 253 g/mol. The predicted molar refractivity (Wildman–Crippen MR) is 78.8 cm³/mol. The minimum atomic E-state index is 0.793. The van der Waals surface area contributed by atoms with Crippen molar-refractivity contribution in [1.29, 1.82) is 0 Å². The lowest BCUT2D eigenvalue weighted by molar-refractivity contribution is 0.458. The van der Waals surface area contributed by atoms with Gasteiger partial charge in [-0.1, -0.05) is 12.1 Å². The Hall–Kier alpha value is -1.90. The Morgan fingerprint density at radius 3 is 1.21 bits per heavy atom. The second kappa shape index (κ2) is 5.83. The van der Waals surface area contributed by atoms with Crippen LogP contribution in [0, 0.1) is 27.7 Å². The third-order valence-electron chi connectivity index (χ3n) is 2.76. The topological polar surface area (TPSA) is 18.5 Å². The van der Waals surface area contributed by atoms with Crippen LogP contribution in [-0.2, 0) is 0 Å². The van der Waals surface area contributed by atoms with E-state index >= 15 is 0 Å². The molecule has 0 unspecified atom stereocenters. The molecule has 0 aliphatic rings. The molecule has 0 aromatic heterocycles. The van der Waals surface area contributed by atoms with Gasteiger partial charge in [-0.2, -0.15) is 0 Å². The molecule has 0 spiro atoms. The van der Waals surface area contributed by atoms with Crippen LogP contribution in [0.25, 0.3) is 0 Å². The van der Waals surface area contributed by atoms with Crippen molar-refractivity contribution in [3.05, 3.63) is 58.7 Å². The molecule has 0 saturated carbocycles. The largest absolute Gasteiger partial charge is 0.658 e. The molecule has 2 aromatic carbocycles. The number of aryl methyl sites for hydroxylation is 4. The predicted octanol–water partition coefficient (Wildman–Crippen LogP) is 3.91. The quantitative estimate of drug-likeness (QED) is 0.769. The first kappa shape index (κ1) is 13.5. The minimum Gasteiger partial charge on any atom is -0.526 e. The summed E-state index contributed by atoms with van der Waals surface area (Å²) in [6, 6.07) is 12.1. The first-order valence-electron chi connectivity index (χ1n) is 6.34. The Bertz CT molecular complexity index is 487. The molecule has 97 valence electrons. The van der Waals surface area contributed by atoms with E-state index in [0.29, 0.717) is 0 Å². The SMILES string of the molecule is Cc1cc(C)cc(O[B]Oc2cc(C)cc(C)c2)c1. The van der Waals surface area contributed by atoms with Crippen molar-refractivity contribution in [2.24, 2.45) is 0 Å². The van der Waals surface area contributed by atoms with Gasteiger partial charge in [0.25, 0.3) is 0 Å². The van der Waals surface area contributed by atoms with Crippen LogP contribution in [0.5, 0.6) is 11.5 Å². The van der Waals surface area contributed by atoms with Crippen molar-refractivity contribution in [2.45, 2.75) is 27.7 Å². The summed E-state index contributed by atoms with van der Waals surface area (Å²) in [6.07, 6.45) is 0. The second-order valence-electron chi connectivity index (χ2n) is 4.98. The van der Waals surface area contributed by atoms with Gasteiger partial charge in [0.05, 0.1) is 0 Å². The van der Waals surface area contributed by atoms with Crippen LogP contribution in [0.1, 0.15) is 22.3 Å². The summed E-state index contributed by atoms with van der Waals surface area (Å²) in [7, 11) is 1.38. The molecule has 0 aliphatic carbocycles. The summed E-state index contributed by atoms with van der Waals surface area (Å²) in [5.41, 5.74) is 4.70. The Morgan fingerprint density at radius 1 is 0.579 bits per heavy atom. The number of hydrogen-bond acceptors (Lipinski definition) is 2. The fourth-order valence-corrected chi connectivity index (χ4v) is 2.14. The molecule has 2 aromatic rings. The summed E-state index contributed by atoms with van der Waals surface area (Å²) in [4.78, 5) is 0. The van der Waals surface area contributed by atoms with E-state index in [4.69, 9.17) is 9.31 Å². The Balaban J connectivity index is 1.96. The molecule has 0 aliphatic heterocycles. The van der Waals surface area contributed by atoms with Crippen LogP contribution in [0.3, 0.4) is 0 Å². The van der Waals surface area contributed by atoms with E-state index < -0.39 is 0 Å². The molecule has 19 heavy (non-hydrogen) atoms. The van der Waals surface area contributed by atoms with Gasteiger partial charge in [-0.3, -0.25) is 0 Å². The lowest BCUT2D eigenvalue weighted by Gasteiger charge is -2.09. The molecule has 0 fully saturated rings. The van der Waals surface area contributed by atoms with Crippen LogP contribution in [0.4, 0.5) is 0 Å². The van der Waals surface area contributed by atoms with Crippen molar-refractivity contribution in [3.63, 3.8) is 0 Å². The van der Waals surface area contributed by atoms with E-state index in [-0.39, 0.29) is 0 Å². The van der Waals surface area contributed by atoms with Crippen molar-refractivity contribution in [2.75, 3.05) is 0 Å². The number of benzene rings is 2. The minimum absolute atomic E-state index is 0.793. The molecule has 0 atom stereocenters. The van der Waals surface area contributed by atoms with Gasteiger partial charge in [0.1, 0.15) is 11.5 Å². The first-order chi connectivity index (χ1) is 9.02. The zero-order valence-corrected chi connectivity index (χ0v) is 11.9. The highest BCUT2D eigenvalue weighted by Crippen LogP contribution is 2.18. The molecule has 2 nitrogen and oxygen atoms in total. The summed E-state index contributed by atoms with van der Waals surface area (Å²) >= 11 is 0. The summed E-state index contributed by atoms with van der Waals surface area (Å²) in [5.74, 6) is 1.59. The van der Waals surface area contributed by atoms with Gasteiger partial charge in [0.2, 0.25) is 0 Å². The van der Waals surface area contributed by atoms with E-state index in [1.54, 1.807) is 0 Å². The van der Waals surface area contributed by atoms with E-state index in [1.165, 1.54) is 29.9 Å². The van der Waals surface area contributed by atoms with Crippen LogP contribution in [0.15, 0.2) is 36.4 Å². The van der Waals surface area contributed by atoms with Crippen LogP contribution in [-0.4, -0.2) is 7.69 Å². The molecule has 2 rings (SSSR count). The third-order valence-corrected chi connectivity index (χ3v) is 2.76. The maximum atomic E-state index is 5.50. The molecule has 1 radical (unpaired) electrons. The Morgan fingerprint density at radius 2 is 0.895 bits per heavy atom. The van der Waals surface area contributed by atoms with E-state index in [1.807, 2.05) is 52.0 Å². The average Bonchev–Trinajstić information content (AvgIpc) is 2.26. The van der Waals surface area contributed by atoms with Crippen LogP contribution >= 0.6 is 0 Å². The normalized spacial score (nSPS) is 10.1. The summed E-state index contributed by atoms with van der Waals surface area (Å²) in [6.45, 7) is 8.19. The first-order valence-corrected chi connectivity index (χ1v) is 6.34.